The molecular formula is C50H52Cl2N6O8. The van der Waals surface area contributed by atoms with Gasteiger partial charge < -0.3 is 38.6 Å². The summed E-state index contributed by atoms with van der Waals surface area (Å²) in [4.78, 5) is 62.7. The lowest BCUT2D eigenvalue weighted by atomic mass is 9.99. The molecule has 2 aliphatic rings. The summed E-state index contributed by atoms with van der Waals surface area (Å²) in [6.07, 6.45) is 6.42. The summed E-state index contributed by atoms with van der Waals surface area (Å²) in [5.74, 6) is -0.272. The molecule has 344 valence electrons. The first-order valence-electron chi connectivity index (χ1n) is 21.6. The van der Waals surface area contributed by atoms with Crippen LogP contribution in [0.25, 0.3) is 22.1 Å². The Bertz CT molecular complexity index is 2590. The molecule has 2 N–H and O–H groups in total. The number of carbonyl (C=O) groups excluding carboxylic acids is 4. The van der Waals surface area contributed by atoms with Crippen LogP contribution in [-0.4, -0.2) is 90.2 Å². The minimum Gasteiger partial charge on any atom is -0.466 e. The van der Waals surface area contributed by atoms with E-state index in [1.165, 1.54) is 26.4 Å². The fourth-order valence-corrected chi connectivity index (χ4v) is 8.35. The molecule has 0 unspecified atom stereocenters. The molecule has 6 aromatic rings. The molecular weight excluding hydrogens is 883 g/mol. The van der Waals surface area contributed by atoms with Crippen LogP contribution in [0.4, 0.5) is 0 Å². The first kappa shape index (κ1) is 47.6. The van der Waals surface area contributed by atoms with E-state index >= 15 is 0 Å². The van der Waals surface area contributed by atoms with Crippen molar-refractivity contribution in [2.24, 2.45) is 25.9 Å². The molecule has 0 aliphatic heterocycles. The number of halogens is 2. The zero-order valence-corrected chi connectivity index (χ0v) is 38.5. The Balaban J connectivity index is 0.000000196. The lowest BCUT2D eigenvalue weighted by molar-refractivity contribution is -0.136. The molecule has 2 heterocycles. The first-order valence-corrected chi connectivity index (χ1v) is 22.4. The summed E-state index contributed by atoms with van der Waals surface area (Å²) in [7, 11) is 6.24. The highest BCUT2D eigenvalue weighted by Crippen LogP contribution is 2.41. The summed E-state index contributed by atoms with van der Waals surface area (Å²) in [5, 5.41) is 24.1. The number of ether oxygens (including phenoxy) is 2. The van der Waals surface area contributed by atoms with E-state index in [0.29, 0.717) is 57.7 Å². The fourth-order valence-electron chi connectivity index (χ4n) is 7.95. The van der Waals surface area contributed by atoms with Crippen molar-refractivity contribution in [1.82, 2.24) is 28.9 Å². The molecule has 8 rings (SSSR count). The number of nitrogens with zero attached hydrogens (tertiary/aromatic N) is 6. The van der Waals surface area contributed by atoms with E-state index in [9.17, 15) is 29.4 Å². The van der Waals surface area contributed by atoms with Gasteiger partial charge in [0.1, 0.15) is 35.9 Å². The Hall–Kier alpha value is -6.32. The average molecular weight is 936 g/mol. The number of hydrogen-bond acceptors (Lipinski definition) is 10. The van der Waals surface area contributed by atoms with Gasteiger partial charge in [-0.2, -0.15) is 0 Å². The first-order chi connectivity index (χ1) is 31.8. The van der Waals surface area contributed by atoms with E-state index in [1.54, 1.807) is 58.3 Å². The van der Waals surface area contributed by atoms with Gasteiger partial charge in [-0.25, -0.2) is 19.6 Å². The van der Waals surface area contributed by atoms with Crippen LogP contribution in [-0.2, 0) is 42.7 Å². The molecule has 2 saturated carbocycles. The molecule has 2 fully saturated rings. The number of rotatable bonds is 16. The Morgan fingerprint density at radius 3 is 1.33 bits per heavy atom. The van der Waals surface area contributed by atoms with Crippen LogP contribution in [0.2, 0.25) is 10.0 Å². The van der Waals surface area contributed by atoms with Crippen LogP contribution in [0, 0.1) is 11.8 Å². The zero-order valence-electron chi connectivity index (χ0n) is 37.0. The standard InChI is InChI=1S/2C25H26ClN3O4/c2*1-28-20-9-4-3-8-19(20)27-25(28)23(24(32)17-6-5-7-18(26)14-17)29(15-16-10-11-16)21(30)12-13-22(31)33-2/h2*3-9,12-14,16,23-24,32H,10-11,15H2,1-2H3/b2*13-12+/t2*23-,24+/m10/s1. The second kappa shape index (κ2) is 21.3. The largest absolute Gasteiger partial charge is 0.466 e. The molecule has 0 spiro atoms. The third-order valence-corrected chi connectivity index (χ3v) is 12.3. The number of aryl methyl sites for hydroxylation is 2. The summed E-state index contributed by atoms with van der Waals surface area (Å²) >= 11 is 12.4. The smallest absolute Gasteiger partial charge is 0.330 e. The highest BCUT2D eigenvalue weighted by molar-refractivity contribution is 6.30. The number of carbonyl (C=O) groups is 4. The molecule has 2 amide bonds. The Morgan fingerprint density at radius 1 is 0.621 bits per heavy atom. The van der Waals surface area contributed by atoms with E-state index in [4.69, 9.17) is 33.2 Å². The maximum atomic E-state index is 13.3. The maximum absolute atomic E-state index is 13.3. The minimum absolute atomic E-state index is 0.337. The Morgan fingerprint density at radius 2 is 1.00 bits per heavy atom. The zero-order chi connectivity index (χ0) is 47.1. The van der Waals surface area contributed by atoms with Gasteiger partial charge >= 0.3 is 11.9 Å². The van der Waals surface area contributed by atoms with Crippen molar-refractivity contribution in [2.45, 2.75) is 50.0 Å². The predicted molar refractivity (Wildman–Crippen MR) is 251 cm³/mol. The quantitative estimate of drug-likeness (QED) is 0.0718. The third kappa shape index (κ3) is 11.4. The van der Waals surface area contributed by atoms with Crippen LogP contribution < -0.4 is 0 Å². The molecule has 0 saturated heterocycles. The Kier molecular flexibility index (Phi) is 15.4. The molecule has 16 heteroatoms. The van der Waals surface area contributed by atoms with Gasteiger partial charge in [-0.3, -0.25) is 9.59 Å². The number of amides is 2. The van der Waals surface area contributed by atoms with E-state index in [-0.39, 0.29) is 0 Å². The predicted octanol–water partition coefficient (Wildman–Crippen LogP) is 7.94. The molecule has 4 atom stereocenters. The van der Waals surface area contributed by atoms with Crippen molar-refractivity contribution in [3.8, 4) is 0 Å². The summed E-state index contributed by atoms with van der Waals surface area (Å²) in [5.41, 5.74) is 4.46. The normalized spacial score (nSPS) is 15.5. The van der Waals surface area contributed by atoms with Crippen molar-refractivity contribution in [3.63, 3.8) is 0 Å². The number of esters is 2. The molecule has 2 aromatic heterocycles. The minimum atomic E-state index is -1.09. The number of aromatic nitrogens is 4. The maximum Gasteiger partial charge on any atom is 0.330 e. The van der Waals surface area contributed by atoms with Crippen molar-refractivity contribution in [1.29, 1.82) is 0 Å². The van der Waals surface area contributed by atoms with Gasteiger partial charge in [0.15, 0.2) is 0 Å². The third-order valence-electron chi connectivity index (χ3n) is 11.8. The SMILES string of the molecule is COC(=O)/C=C/C(=O)N(CC1CC1)[C@@H](c1nc2ccccc2n1C)[C@@H](O)c1cccc(Cl)c1.COC(=O)/C=C/C(=O)N(CC1CC1)[C@H](c1nc2ccccc2n1C)[C@H](O)c1cccc(Cl)c1. The second-order valence-corrected chi connectivity index (χ2v) is 17.4. The van der Waals surface area contributed by atoms with Crippen LogP contribution in [0.5, 0.6) is 0 Å². The number of para-hydroxylation sites is 4. The number of methoxy groups -OCH3 is 2. The summed E-state index contributed by atoms with van der Waals surface area (Å²) in [6.45, 7) is 0.881. The number of benzene rings is 4. The van der Waals surface area contributed by atoms with Crippen LogP contribution in [0.3, 0.4) is 0 Å². The highest BCUT2D eigenvalue weighted by Gasteiger charge is 2.40. The lowest BCUT2D eigenvalue weighted by Crippen LogP contribution is -2.40. The van der Waals surface area contributed by atoms with Crippen LogP contribution in [0.15, 0.2) is 121 Å². The molecule has 0 bridgehead atoms. The number of fused-ring (bicyclic) bond motifs is 2. The molecule has 0 radical (unpaired) electrons. The molecule has 2 aliphatic carbocycles. The Labute approximate surface area is 392 Å². The number of aliphatic hydroxyl groups excluding tert-OH is 2. The van der Waals surface area contributed by atoms with E-state index in [1.807, 2.05) is 71.8 Å². The topological polar surface area (TPSA) is 169 Å². The van der Waals surface area contributed by atoms with Crippen molar-refractivity contribution in [2.75, 3.05) is 27.3 Å². The lowest BCUT2D eigenvalue weighted by Gasteiger charge is -2.34. The van der Waals surface area contributed by atoms with E-state index in [0.717, 1.165) is 59.9 Å². The molecule has 4 aromatic carbocycles. The molecule has 66 heavy (non-hydrogen) atoms. The van der Waals surface area contributed by atoms with Gasteiger partial charge in [0.2, 0.25) is 11.8 Å². The van der Waals surface area contributed by atoms with Crippen molar-refractivity contribution < 1.29 is 38.9 Å². The van der Waals surface area contributed by atoms with Gasteiger partial charge in [-0.05, 0) is 97.2 Å². The van der Waals surface area contributed by atoms with Gasteiger partial charge in [0.05, 0.1) is 36.3 Å². The van der Waals surface area contributed by atoms with Gasteiger partial charge in [0, 0.05) is 61.5 Å². The monoisotopic (exact) mass is 934 g/mol. The highest BCUT2D eigenvalue weighted by atomic mass is 35.5. The van der Waals surface area contributed by atoms with Crippen LogP contribution in [0.1, 0.15) is 72.8 Å². The summed E-state index contributed by atoms with van der Waals surface area (Å²) < 4.78 is 13.0. The summed E-state index contributed by atoms with van der Waals surface area (Å²) in [6, 6.07) is 27.6. The number of imidazole rings is 2. The average Bonchev–Trinajstić information content (AvgIpc) is 4.27. The van der Waals surface area contributed by atoms with Gasteiger partial charge in [-0.1, -0.05) is 71.7 Å². The fraction of sp³-hybridized carbons (Fsp3) is 0.320. The van der Waals surface area contributed by atoms with Crippen molar-refractivity contribution in [3.05, 3.63) is 154 Å². The molecule has 14 nitrogen and oxygen atoms in total. The number of aliphatic hydroxyl groups is 2. The van der Waals surface area contributed by atoms with E-state index < -0.39 is 48.0 Å². The van der Waals surface area contributed by atoms with Gasteiger partial charge in [-0.15, -0.1) is 0 Å². The number of hydrogen-bond donors (Lipinski definition) is 2. The van der Waals surface area contributed by atoms with Crippen LogP contribution >= 0.6 is 23.2 Å². The van der Waals surface area contributed by atoms with E-state index in [2.05, 4.69) is 9.47 Å². The second-order valence-electron chi connectivity index (χ2n) is 16.5. The van der Waals surface area contributed by atoms with Gasteiger partial charge in [0.25, 0.3) is 0 Å². The van der Waals surface area contributed by atoms with Crippen molar-refractivity contribution >= 4 is 69.0 Å².